The molecule has 0 aromatic heterocycles. The van der Waals surface area contributed by atoms with Crippen LogP contribution in [0.2, 0.25) is 0 Å². The Hall–Kier alpha value is -0.830. The van der Waals surface area contributed by atoms with Crippen LogP contribution in [0.5, 0.6) is 0 Å². The Morgan fingerprint density at radius 3 is 2.30 bits per heavy atom. The van der Waals surface area contributed by atoms with Crippen molar-refractivity contribution < 1.29 is 4.79 Å². The monoisotopic (exact) mass is 335 g/mol. The predicted octanol–water partition coefficient (Wildman–Crippen LogP) is 4.64. The molecule has 0 bridgehead atoms. The average molecular weight is 336 g/mol. The number of piperidine rings is 1. The molecule has 1 aromatic rings. The van der Waals surface area contributed by atoms with Gasteiger partial charge in [-0.15, -0.1) is 0 Å². The Bertz CT molecular complexity index is 484. The first kappa shape index (κ1) is 14.1. The zero-order valence-electron chi connectivity index (χ0n) is 11.9. The molecule has 0 radical (unpaired) electrons. The van der Waals surface area contributed by atoms with Crippen molar-refractivity contribution in [3.8, 4) is 0 Å². The van der Waals surface area contributed by atoms with Crippen LogP contribution in [0.3, 0.4) is 0 Å². The molecule has 0 N–H and O–H groups in total. The van der Waals surface area contributed by atoms with Crippen molar-refractivity contribution in [3.05, 3.63) is 34.3 Å². The van der Waals surface area contributed by atoms with E-state index >= 15 is 0 Å². The highest BCUT2D eigenvalue weighted by Gasteiger charge is 2.36. The third-order valence-corrected chi connectivity index (χ3v) is 5.82. The number of nitrogens with zero attached hydrogens (tertiary/aromatic N) is 1. The molecule has 3 heteroatoms. The number of carbonyl (C=O) groups excluding carboxylic acids is 1. The molecule has 3 rings (SSSR count). The van der Waals surface area contributed by atoms with Gasteiger partial charge in [0.25, 0.3) is 5.91 Å². The Balaban J connectivity index is 1.66. The van der Waals surface area contributed by atoms with Gasteiger partial charge in [-0.05, 0) is 59.2 Å². The molecule has 2 fully saturated rings. The summed E-state index contributed by atoms with van der Waals surface area (Å²) in [6.07, 6.45) is 9.33. The first-order valence-electron chi connectivity index (χ1n) is 7.74. The van der Waals surface area contributed by atoms with Crippen LogP contribution in [0.1, 0.15) is 55.3 Å². The van der Waals surface area contributed by atoms with Gasteiger partial charge in [0.2, 0.25) is 0 Å². The van der Waals surface area contributed by atoms with E-state index in [1.54, 1.807) is 0 Å². The van der Waals surface area contributed by atoms with E-state index in [2.05, 4.69) is 15.9 Å². The second kappa shape index (κ2) is 5.88. The van der Waals surface area contributed by atoms with Gasteiger partial charge in [-0.3, -0.25) is 4.79 Å². The summed E-state index contributed by atoms with van der Waals surface area (Å²) in [6.45, 7) is 1.86. The molecule has 1 aromatic carbocycles. The van der Waals surface area contributed by atoms with E-state index in [4.69, 9.17) is 0 Å². The summed E-state index contributed by atoms with van der Waals surface area (Å²) in [7, 11) is 0. The number of hydrogen-bond acceptors (Lipinski definition) is 1. The molecule has 1 aliphatic carbocycles. The van der Waals surface area contributed by atoms with E-state index in [0.717, 1.165) is 23.1 Å². The van der Waals surface area contributed by atoms with Gasteiger partial charge in [-0.1, -0.05) is 31.4 Å². The summed E-state index contributed by atoms with van der Waals surface area (Å²) >= 11 is 3.49. The molecule has 0 atom stereocenters. The quantitative estimate of drug-likeness (QED) is 0.732. The molecular formula is C17H22BrNO. The van der Waals surface area contributed by atoms with Gasteiger partial charge in [-0.25, -0.2) is 0 Å². The Labute approximate surface area is 129 Å². The van der Waals surface area contributed by atoms with Gasteiger partial charge < -0.3 is 4.90 Å². The molecule has 0 unspecified atom stereocenters. The fraction of sp³-hybridized carbons (Fsp3) is 0.588. The van der Waals surface area contributed by atoms with E-state index in [-0.39, 0.29) is 5.91 Å². The van der Waals surface area contributed by atoms with Gasteiger partial charge in [0.15, 0.2) is 0 Å². The minimum Gasteiger partial charge on any atom is -0.339 e. The smallest absolute Gasteiger partial charge is 0.254 e. The van der Waals surface area contributed by atoms with E-state index in [1.165, 1.54) is 44.9 Å². The second-order valence-corrected chi connectivity index (χ2v) is 7.19. The van der Waals surface area contributed by atoms with Crippen LogP contribution in [0.15, 0.2) is 28.7 Å². The fourth-order valence-electron chi connectivity index (χ4n) is 3.79. The van der Waals surface area contributed by atoms with Crippen LogP contribution in [-0.4, -0.2) is 23.9 Å². The minimum absolute atomic E-state index is 0.183. The van der Waals surface area contributed by atoms with Crippen molar-refractivity contribution in [2.75, 3.05) is 13.1 Å². The fourth-order valence-corrected chi connectivity index (χ4v) is 4.25. The van der Waals surface area contributed by atoms with Gasteiger partial charge in [0.05, 0.1) is 5.56 Å². The van der Waals surface area contributed by atoms with Crippen LogP contribution in [0, 0.1) is 5.41 Å². The normalized spacial score (nSPS) is 21.9. The lowest BCUT2D eigenvalue weighted by Crippen LogP contribution is -2.44. The van der Waals surface area contributed by atoms with Gasteiger partial charge in [0.1, 0.15) is 0 Å². The highest BCUT2D eigenvalue weighted by molar-refractivity contribution is 9.10. The molecule has 1 spiro atoms. The Kier molecular flexibility index (Phi) is 4.16. The second-order valence-electron chi connectivity index (χ2n) is 6.33. The zero-order chi connectivity index (χ0) is 14.0. The van der Waals surface area contributed by atoms with Crippen LogP contribution in [0.4, 0.5) is 0 Å². The lowest BCUT2D eigenvalue weighted by molar-refractivity contribution is 0.0471. The molecule has 1 saturated heterocycles. The molecular weight excluding hydrogens is 314 g/mol. The zero-order valence-corrected chi connectivity index (χ0v) is 13.5. The number of carbonyl (C=O) groups is 1. The van der Waals surface area contributed by atoms with E-state index in [1.807, 2.05) is 29.2 Å². The first-order chi connectivity index (χ1) is 9.70. The molecule has 1 saturated carbocycles. The average Bonchev–Trinajstić information content (AvgIpc) is 2.49. The Morgan fingerprint density at radius 1 is 1.00 bits per heavy atom. The third kappa shape index (κ3) is 2.78. The number of likely N-dealkylation sites (tertiary alicyclic amines) is 1. The van der Waals surface area contributed by atoms with Crippen molar-refractivity contribution in [1.29, 1.82) is 0 Å². The molecule has 1 amide bonds. The lowest BCUT2D eigenvalue weighted by Gasteiger charge is -2.44. The van der Waals surface area contributed by atoms with Crippen molar-refractivity contribution in [1.82, 2.24) is 4.90 Å². The number of benzene rings is 1. The third-order valence-electron chi connectivity index (χ3n) is 5.13. The van der Waals surface area contributed by atoms with Gasteiger partial charge in [0, 0.05) is 17.6 Å². The summed E-state index contributed by atoms with van der Waals surface area (Å²) in [6, 6.07) is 7.75. The molecule has 20 heavy (non-hydrogen) atoms. The highest BCUT2D eigenvalue weighted by Crippen LogP contribution is 2.44. The largest absolute Gasteiger partial charge is 0.339 e. The summed E-state index contributed by atoms with van der Waals surface area (Å²) in [5, 5.41) is 0. The molecule has 2 nitrogen and oxygen atoms in total. The van der Waals surface area contributed by atoms with Crippen LogP contribution < -0.4 is 0 Å². The number of rotatable bonds is 1. The summed E-state index contributed by atoms with van der Waals surface area (Å²) in [4.78, 5) is 14.6. The maximum Gasteiger partial charge on any atom is 0.254 e. The SMILES string of the molecule is O=C(c1ccccc1Br)N1CCC2(CCCCC2)CC1. The topological polar surface area (TPSA) is 20.3 Å². The van der Waals surface area contributed by atoms with Crippen molar-refractivity contribution in [3.63, 3.8) is 0 Å². The van der Waals surface area contributed by atoms with E-state index < -0.39 is 0 Å². The summed E-state index contributed by atoms with van der Waals surface area (Å²) in [5.41, 5.74) is 1.36. The standard InChI is InChI=1S/C17H22BrNO/c18-15-7-3-2-6-14(15)16(20)19-12-10-17(11-13-19)8-4-1-5-9-17/h2-3,6-7H,1,4-5,8-13H2. The maximum absolute atomic E-state index is 12.6. The molecule has 108 valence electrons. The molecule has 2 aliphatic rings. The van der Waals surface area contributed by atoms with Crippen LogP contribution in [-0.2, 0) is 0 Å². The van der Waals surface area contributed by atoms with Gasteiger partial charge >= 0.3 is 0 Å². The summed E-state index contributed by atoms with van der Waals surface area (Å²) in [5.74, 6) is 0.183. The number of halogens is 1. The maximum atomic E-state index is 12.6. The lowest BCUT2D eigenvalue weighted by atomic mass is 9.68. The predicted molar refractivity (Wildman–Crippen MR) is 84.8 cm³/mol. The van der Waals surface area contributed by atoms with E-state index in [9.17, 15) is 4.79 Å². The molecule has 1 heterocycles. The molecule has 1 aliphatic heterocycles. The van der Waals surface area contributed by atoms with Gasteiger partial charge in [-0.2, -0.15) is 0 Å². The van der Waals surface area contributed by atoms with Crippen molar-refractivity contribution in [2.24, 2.45) is 5.41 Å². The Morgan fingerprint density at radius 2 is 1.65 bits per heavy atom. The van der Waals surface area contributed by atoms with Crippen molar-refractivity contribution in [2.45, 2.75) is 44.9 Å². The van der Waals surface area contributed by atoms with Crippen LogP contribution in [0.25, 0.3) is 0 Å². The number of hydrogen-bond donors (Lipinski definition) is 0. The van der Waals surface area contributed by atoms with E-state index in [0.29, 0.717) is 5.41 Å². The highest BCUT2D eigenvalue weighted by atomic mass is 79.9. The number of amides is 1. The first-order valence-corrected chi connectivity index (χ1v) is 8.53. The van der Waals surface area contributed by atoms with Crippen molar-refractivity contribution >= 4 is 21.8 Å². The van der Waals surface area contributed by atoms with Crippen LogP contribution >= 0.6 is 15.9 Å². The summed E-state index contributed by atoms with van der Waals surface area (Å²) < 4.78 is 0.906. The minimum atomic E-state index is 0.183.